The Balaban J connectivity index is 2.33. The van der Waals surface area contributed by atoms with Crippen molar-refractivity contribution in [1.29, 1.82) is 0 Å². The maximum atomic E-state index is 11.2. The molecule has 13 heavy (non-hydrogen) atoms. The van der Waals surface area contributed by atoms with Crippen LogP contribution in [0.1, 0.15) is 6.42 Å². The Kier molecular flexibility index (Phi) is 2.10. The molecule has 0 aromatic heterocycles. The van der Waals surface area contributed by atoms with Crippen LogP contribution in [0.15, 0.2) is 35.2 Å². The summed E-state index contributed by atoms with van der Waals surface area (Å²) in [5, 5.41) is 0.606. The number of amides is 1. The molecular formula is C9H8ClNO2. The summed E-state index contributed by atoms with van der Waals surface area (Å²) in [5.41, 5.74) is 0.920. The second-order valence-corrected chi connectivity index (χ2v) is 3.20. The van der Waals surface area contributed by atoms with E-state index in [0.29, 0.717) is 11.6 Å². The first-order chi connectivity index (χ1) is 6.27. The molecule has 0 unspecified atom stereocenters. The van der Waals surface area contributed by atoms with Crippen LogP contribution in [0.25, 0.3) is 0 Å². The predicted molar refractivity (Wildman–Crippen MR) is 49.0 cm³/mol. The molecule has 0 aromatic carbocycles. The molecule has 0 atom stereocenters. The van der Waals surface area contributed by atoms with Gasteiger partial charge in [0.1, 0.15) is 0 Å². The van der Waals surface area contributed by atoms with Crippen LogP contribution in [-0.4, -0.2) is 17.6 Å². The van der Waals surface area contributed by atoms with Gasteiger partial charge in [-0.15, -0.1) is 0 Å². The quantitative estimate of drug-likeness (QED) is 0.597. The predicted octanol–water partition coefficient (Wildman–Crippen LogP) is 2.36. The van der Waals surface area contributed by atoms with Gasteiger partial charge >= 0.3 is 6.09 Å². The number of cyclic esters (lactones) is 1. The van der Waals surface area contributed by atoms with Gasteiger partial charge in [-0.3, -0.25) is 4.90 Å². The first-order valence-corrected chi connectivity index (χ1v) is 4.36. The topological polar surface area (TPSA) is 29.5 Å². The number of allylic oxidation sites excluding steroid dienone is 4. The van der Waals surface area contributed by atoms with Gasteiger partial charge in [-0.2, -0.15) is 0 Å². The van der Waals surface area contributed by atoms with E-state index in [9.17, 15) is 4.79 Å². The molecule has 0 radical (unpaired) electrons. The zero-order valence-corrected chi connectivity index (χ0v) is 7.62. The van der Waals surface area contributed by atoms with E-state index in [-0.39, 0.29) is 6.09 Å². The number of carbonyl (C=O) groups is 1. The molecule has 68 valence electrons. The van der Waals surface area contributed by atoms with Crippen molar-refractivity contribution in [3.8, 4) is 0 Å². The van der Waals surface area contributed by atoms with Gasteiger partial charge in [-0.25, -0.2) is 4.79 Å². The number of halogens is 1. The molecule has 3 nitrogen and oxygen atoms in total. The van der Waals surface area contributed by atoms with E-state index >= 15 is 0 Å². The van der Waals surface area contributed by atoms with Crippen LogP contribution in [0.3, 0.4) is 0 Å². The Morgan fingerprint density at radius 2 is 2.31 bits per heavy atom. The van der Waals surface area contributed by atoms with Crippen LogP contribution >= 0.6 is 11.6 Å². The third-order valence-electron chi connectivity index (χ3n) is 1.91. The molecular weight excluding hydrogens is 190 g/mol. The minimum absolute atomic E-state index is 0.339. The van der Waals surface area contributed by atoms with E-state index in [1.54, 1.807) is 18.4 Å². The van der Waals surface area contributed by atoms with Crippen LogP contribution in [0.4, 0.5) is 4.79 Å². The Hall–Kier alpha value is -1.22. The van der Waals surface area contributed by atoms with Gasteiger partial charge in [-0.05, 0) is 18.2 Å². The van der Waals surface area contributed by atoms with Gasteiger partial charge in [0.2, 0.25) is 0 Å². The summed E-state index contributed by atoms with van der Waals surface area (Å²) in [6.45, 7) is 0.445. The minimum atomic E-state index is -0.339. The summed E-state index contributed by atoms with van der Waals surface area (Å²) in [6.07, 6.45) is 7.29. The lowest BCUT2D eigenvalue weighted by Gasteiger charge is -2.25. The third-order valence-corrected chi connectivity index (χ3v) is 2.16. The molecule has 4 heteroatoms. The molecule has 2 aliphatic heterocycles. The van der Waals surface area contributed by atoms with Crippen molar-refractivity contribution in [3.63, 3.8) is 0 Å². The lowest BCUT2D eigenvalue weighted by atomic mass is 10.2. The van der Waals surface area contributed by atoms with Crippen LogP contribution in [0.5, 0.6) is 0 Å². The molecule has 2 rings (SSSR count). The molecule has 0 bridgehead atoms. The van der Waals surface area contributed by atoms with Crippen molar-refractivity contribution >= 4 is 17.7 Å². The molecule has 1 saturated heterocycles. The highest BCUT2D eigenvalue weighted by Gasteiger charge is 2.22. The standard InChI is InChI=1S/C9H8ClNO2/c10-7-1-2-8-4-6-13-9(12)11(8)5-3-7/h1-3,5H,4,6H2. The zero-order valence-electron chi connectivity index (χ0n) is 6.87. The smallest absolute Gasteiger partial charge is 0.418 e. The van der Waals surface area contributed by atoms with Crippen molar-refractivity contribution in [2.45, 2.75) is 6.42 Å². The van der Waals surface area contributed by atoms with Gasteiger partial charge < -0.3 is 4.74 Å². The molecule has 1 amide bonds. The number of hydrogen-bond acceptors (Lipinski definition) is 2. The van der Waals surface area contributed by atoms with Gasteiger partial charge in [-0.1, -0.05) is 11.6 Å². The zero-order chi connectivity index (χ0) is 9.26. The molecule has 0 spiro atoms. The first kappa shape index (κ1) is 8.38. The normalized spacial score (nSPS) is 21.3. The summed E-state index contributed by atoms with van der Waals surface area (Å²) in [6, 6.07) is 0. The molecule has 0 aliphatic carbocycles. The van der Waals surface area contributed by atoms with Gasteiger partial charge in [0, 0.05) is 23.4 Å². The highest BCUT2D eigenvalue weighted by atomic mass is 35.5. The monoisotopic (exact) mass is 197 g/mol. The van der Waals surface area contributed by atoms with Crippen molar-refractivity contribution < 1.29 is 9.53 Å². The maximum Gasteiger partial charge on any atom is 0.418 e. The molecule has 0 N–H and O–H groups in total. The SMILES string of the molecule is O=C1OCCC2=CC=C(Cl)C=CN12. The lowest BCUT2D eigenvalue weighted by molar-refractivity contribution is 0.106. The van der Waals surface area contributed by atoms with Crippen LogP contribution in [-0.2, 0) is 4.74 Å². The average molecular weight is 198 g/mol. The van der Waals surface area contributed by atoms with Crippen molar-refractivity contribution in [2.75, 3.05) is 6.61 Å². The van der Waals surface area contributed by atoms with Crippen LogP contribution < -0.4 is 0 Å². The van der Waals surface area contributed by atoms with Gasteiger partial charge in [0.05, 0.1) is 6.61 Å². The molecule has 2 heterocycles. The Morgan fingerprint density at radius 1 is 1.46 bits per heavy atom. The van der Waals surface area contributed by atoms with Crippen molar-refractivity contribution in [3.05, 3.63) is 35.2 Å². The lowest BCUT2D eigenvalue weighted by Crippen LogP contribution is -2.31. The van der Waals surface area contributed by atoms with Crippen molar-refractivity contribution in [1.82, 2.24) is 4.90 Å². The second kappa shape index (κ2) is 3.26. The average Bonchev–Trinajstić information content (AvgIpc) is 2.30. The number of nitrogens with zero attached hydrogens (tertiary/aromatic N) is 1. The van der Waals surface area contributed by atoms with Crippen LogP contribution in [0, 0.1) is 0 Å². The summed E-state index contributed by atoms with van der Waals surface area (Å²) in [7, 11) is 0. The Bertz CT molecular complexity index is 331. The molecule has 0 aromatic rings. The van der Waals surface area contributed by atoms with E-state index in [4.69, 9.17) is 16.3 Å². The number of ether oxygens (including phenoxy) is 1. The highest BCUT2D eigenvalue weighted by molar-refractivity contribution is 6.31. The minimum Gasteiger partial charge on any atom is -0.449 e. The number of carbonyl (C=O) groups excluding carboxylic acids is 1. The van der Waals surface area contributed by atoms with E-state index in [2.05, 4.69) is 0 Å². The van der Waals surface area contributed by atoms with E-state index < -0.39 is 0 Å². The third kappa shape index (κ3) is 1.60. The first-order valence-electron chi connectivity index (χ1n) is 3.98. The van der Waals surface area contributed by atoms with Gasteiger partial charge in [0.25, 0.3) is 0 Å². The Labute approximate surface area is 80.9 Å². The van der Waals surface area contributed by atoms with E-state index in [1.807, 2.05) is 6.08 Å². The second-order valence-electron chi connectivity index (χ2n) is 2.76. The van der Waals surface area contributed by atoms with Gasteiger partial charge in [0.15, 0.2) is 0 Å². The van der Waals surface area contributed by atoms with Crippen LogP contribution in [0.2, 0.25) is 0 Å². The summed E-state index contributed by atoms with van der Waals surface area (Å²) < 4.78 is 4.87. The highest BCUT2D eigenvalue weighted by Crippen LogP contribution is 2.21. The number of rotatable bonds is 0. The number of hydrogen-bond donors (Lipinski definition) is 0. The molecule has 2 aliphatic rings. The largest absolute Gasteiger partial charge is 0.449 e. The Morgan fingerprint density at radius 3 is 3.15 bits per heavy atom. The fourth-order valence-electron chi connectivity index (χ4n) is 1.25. The summed E-state index contributed by atoms with van der Waals surface area (Å²) >= 11 is 5.78. The summed E-state index contributed by atoms with van der Waals surface area (Å²) in [5.74, 6) is 0. The van der Waals surface area contributed by atoms with Crippen molar-refractivity contribution in [2.24, 2.45) is 0 Å². The van der Waals surface area contributed by atoms with E-state index in [1.165, 1.54) is 4.90 Å². The molecule has 1 fully saturated rings. The number of fused-ring (bicyclic) bond motifs is 1. The van der Waals surface area contributed by atoms with E-state index in [0.717, 1.165) is 12.1 Å². The fourth-order valence-corrected chi connectivity index (χ4v) is 1.37. The molecule has 0 saturated carbocycles. The fraction of sp³-hybridized carbons (Fsp3) is 0.222. The maximum absolute atomic E-state index is 11.2. The summed E-state index contributed by atoms with van der Waals surface area (Å²) in [4.78, 5) is 12.7.